The number of primary sulfonamides is 1. The summed E-state index contributed by atoms with van der Waals surface area (Å²) in [5.41, 5.74) is 3.06. The monoisotopic (exact) mass is 425 g/mol. The quantitative estimate of drug-likeness (QED) is 0.767. The molecule has 2 atom stereocenters. The van der Waals surface area contributed by atoms with Crippen LogP contribution in [0.5, 0.6) is 0 Å². The highest BCUT2D eigenvalue weighted by atomic mass is 32.2. The van der Waals surface area contributed by atoms with Crippen LogP contribution >= 0.6 is 0 Å². The second-order valence-electron chi connectivity index (χ2n) is 8.17. The fourth-order valence-corrected chi connectivity index (χ4v) is 4.87. The summed E-state index contributed by atoms with van der Waals surface area (Å²) in [5.74, 6) is -4.24. The highest BCUT2D eigenvalue weighted by Crippen LogP contribution is 2.63. The van der Waals surface area contributed by atoms with Crippen LogP contribution in [-0.2, 0) is 20.5 Å². The van der Waals surface area contributed by atoms with Crippen LogP contribution in [0, 0.1) is 5.41 Å². The number of alkyl halides is 2. The summed E-state index contributed by atoms with van der Waals surface area (Å²) >= 11 is 0. The first-order valence-corrected chi connectivity index (χ1v) is 11.1. The molecule has 0 heterocycles. The number of hydrogen-bond donors (Lipinski definition) is 1. The van der Waals surface area contributed by atoms with Gasteiger partial charge in [-0.15, -0.1) is 0 Å². The Hall–Kier alpha value is -1.90. The van der Waals surface area contributed by atoms with E-state index >= 15 is 0 Å². The van der Waals surface area contributed by atoms with Crippen molar-refractivity contribution < 1.29 is 26.3 Å². The third-order valence-electron chi connectivity index (χ3n) is 6.04. The van der Waals surface area contributed by atoms with Crippen molar-refractivity contribution in [3.05, 3.63) is 64.5 Å². The maximum atomic E-state index is 14.8. The molecule has 1 aromatic rings. The van der Waals surface area contributed by atoms with E-state index in [2.05, 4.69) is 4.74 Å². The number of methoxy groups -OCH3 is 1. The normalized spacial score (nSPS) is 28.5. The molecule has 2 unspecified atom stereocenters. The molecule has 0 aliphatic heterocycles. The molecule has 1 fully saturated rings. The molecule has 8 heteroatoms. The van der Waals surface area contributed by atoms with Gasteiger partial charge in [0.05, 0.1) is 5.75 Å². The molecule has 1 saturated carbocycles. The zero-order valence-corrected chi connectivity index (χ0v) is 16.7. The van der Waals surface area contributed by atoms with Crippen molar-refractivity contribution in [3.8, 4) is 0 Å². The SMILES string of the molecule is COC1(F)C=CC(C2=C(c3ccc(CS(N)(=O)=O)cc3)CC3(CC3)C2)=C(F)C1F. The Labute approximate surface area is 168 Å². The number of benzene rings is 1. The minimum absolute atomic E-state index is 0.0579. The second kappa shape index (κ2) is 6.82. The van der Waals surface area contributed by atoms with Crippen LogP contribution in [0.1, 0.15) is 36.8 Å². The Morgan fingerprint density at radius 1 is 1.17 bits per heavy atom. The molecule has 0 aromatic heterocycles. The molecule has 156 valence electrons. The summed E-state index contributed by atoms with van der Waals surface area (Å²) in [7, 11) is -2.64. The molecule has 0 bridgehead atoms. The van der Waals surface area contributed by atoms with Crippen molar-refractivity contribution in [1.29, 1.82) is 0 Å². The summed E-state index contributed by atoms with van der Waals surface area (Å²) in [6.45, 7) is 0. The Morgan fingerprint density at radius 2 is 1.79 bits per heavy atom. The van der Waals surface area contributed by atoms with Crippen LogP contribution in [0.25, 0.3) is 5.57 Å². The second-order valence-corrected chi connectivity index (χ2v) is 9.79. The van der Waals surface area contributed by atoms with Gasteiger partial charge in [-0.05, 0) is 59.4 Å². The van der Waals surface area contributed by atoms with Gasteiger partial charge in [0.25, 0.3) is 5.85 Å². The van der Waals surface area contributed by atoms with E-state index in [9.17, 15) is 21.6 Å². The molecule has 3 aliphatic carbocycles. The van der Waals surface area contributed by atoms with Gasteiger partial charge in [-0.1, -0.05) is 30.3 Å². The Kier molecular flexibility index (Phi) is 4.79. The Morgan fingerprint density at radius 3 is 2.34 bits per heavy atom. The number of ether oxygens (including phenoxy) is 1. The largest absolute Gasteiger partial charge is 0.343 e. The number of rotatable bonds is 5. The van der Waals surface area contributed by atoms with E-state index in [1.807, 2.05) is 0 Å². The zero-order chi connectivity index (χ0) is 21.0. The first-order chi connectivity index (χ1) is 13.6. The number of halogens is 3. The summed E-state index contributed by atoms with van der Waals surface area (Å²) in [6.07, 6.45) is 3.01. The van der Waals surface area contributed by atoms with Crippen molar-refractivity contribution in [2.45, 2.75) is 43.5 Å². The van der Waals surface area contributed by atoms with E-state index in [1.165, 1.54) is 6.08 Å². The van der Waals surface area contributed by atoms with Crippen LogP contribution < -0.4 is 5.14 Å². The summed E-state index contributed by atoms with van der Waals surface area (Å²) in [4.78, 5) is 0. The summed E-state index contributed by atoms with van der Waals surface area (Å²) < 4.78 is 70.6. The van der Waals surface area contributed by atoms with Crippen LogP contribution in [0.3, 0.4) is 0 Å². The topological polar surface area (TPSA) is 69.4 Å². The van der Waals surface area contributed by atoms with E-state index in [1.54, 1.807) is 24.3 Å². The predicted octanol–water partition coefficient (Wildman–Crippen LogP) is 4.25. The third-order valence-corrected chi connectivity index (χ3v) is 6.77. The summed E-state index contributed by atoms with van der Waals surface area (Å²) in [6, 6.07) is 6.87. The van der Waals surface area contributed by atoms with Crippen LogP contribution in [0.15, 0.2) is 53.4 Å². The van der Waals surface area contributed by atoms with Crippen LogP contribution in [0.4, 0.5) is 13.2 Å². The van der Waals surface area contributed by atoms with Crippen molar-refractivity contribution in [2.24, 2.45) is 10.6 Å². The lowest BCUT2D eigenvalue weighted by atomic mass is 9.90. The number of allylic oxidation sites excluding steroid dienone is 4. The van der Waals surface area contributed by atoms with Gasteiger partial charge in [-0.3, -0.25) is 0 Å². The maximum absolute atomic E-state index is 14.8. The third kappa shape index (κ3) is 3.81. The van der Waals surface area contributed by atoms with Crippen molar-refractivity contribution >= 4 is 15.6 Å². The maximum Gasteiger partial charge on any atom is 0.266 e. The van der Waals surface area contributed by atoms with Crippen molar-refractivity contribution in [2.75, 3.05) is 7.11 Å². The lowest BCUT2D eigenvalue weighted by Gasteiger charge is -2.28. The smallest absolute Gasteiger partial charge is 0.266 e. The predicted molar refractivity (Wildman–Crippen MR) is 104 cm³/mol. The highest BCUT2D eigenvalue weighted by Gasteiger charge is 2.51. The molecular weight excluding hydrogens is 403 g/mol. The lowest BCUT2D eigenvalue weighted by Crippen LogP contribution is -2.37. The van der Waals surface area contributed by atoms with Crippen molar-refractivity contribution in [3.63, 3.8) is 0 Å². The average Bonchev–Trinajstić information content (AvgIpc) is 3.31. The highest BCUT2D eigenvalue weighted by molar-refractivity contribution is 7.88. The zero-order valence-electron chi connectivity index (χ0n) is 15.9. The molecular formula is C21H22F3NO3S. The minimum atomic E-state index is -3.64. The van der Waals surface area contributed by atoms with Gasteiger partial charge in [-0.2, -0.15) is 0 Å². The van der Waals surface area contributed by atoms with E-state index < -0.39 is 27.9 Å². The molecule has 0 saturated heterocycles. The first-order valence-electron chi connectivity index (χ1n) is 9.35. The molecule has 0 radical (unpaired) electrons. The van der Waals surface area contributed by atoms with Crippen LogP contribution in [-0.4, -0.2) is 27.6 Å². The van der Waals surface area contributed by atoms with Gasteiger partial charge < -0.3 is 4.74 Å². The molecule has 1 spiro atoms. The molecule has 4 rings (SSSR count). The average molecular weight is 425 g/mol. The van der Waals surface area contributed by atoms with Crippen LogP contribution in [0.2, 0.25) is 0 Å². The van der Waals surface area contributed by atoms with E-state index in [0.717, 1.165) is 43.6 Å². The van der Waals surface area contributed by atoms with Crippen molar-refractivity contribution in [1.82, 2.24) is 0 Å². The number of sulfonamides is 1. The van der Waals surface area contributed by atoms with Gasteiger partial charge in [0.1, 0.15) is 5.83 Å². The number of hydrogen-bond acceptors (Lipinski definition) is 3. The molecule has 0 amide bonds. The molecule has 1 aromatic carbocycles. The lowest BCUT2D eigenvalue weighted by molar-refractivity contribution is -0.125. The first kappa shape index (κ1) is 20.4. The molecule has 3 aliphatic rings. The number of nitrogens with two attached hydrogens (primary N) is 1. The van der Waals surface area contributed by atoms with Gasteiger partial charge in [0, 0.05) is 12.7 Å². The Balaban J connectivity index is 1.73. The fraction of sp³-hybridized carbons (Fsp3) is 0.429. The van der Waals surface area contributed by atoms with E-state index in [-0.39, 0.29) is 16.7 Å². The molecule has 4 nitrogen and oxygen atoms in total. The minimum Gasteiger partial charge on any atom is -0.343 e. The standard InChI is InChI=1S/C21H22F3NO3S/c1-28-21(24)7-6-15(18(22)19(21)23)17-11-20(8-9-20)10-16(17)14-4-2-13(3-5-14)12-29(25,26)27/h2-7,19H,8-12H2,1H3,(H2,25,26,27). The van der Waals surface area contributed by atoms with Gasteiger partial charge in [0.2, 0.25) is 16.2 Å². The van der Waals surface area contributed by atoms with E-state index in [0.29, 0.717) is 17.6 Å². The van der Waals surface area contributed by atoms with Gasteiger partial charge in [0.15, 0.2) is 0 Å². The van der Waals surface area contributed by atoms with Gasteiger partial charge in [-0.25, -0.2) is 26.7 Å². The molecule has 2 N–H and O–H groups in total. The van der Waals surface area contributed by atoms with Gasteiger partial charge >= 0.3 is 0 Å². The molecule has 29 heavy (non-hydrogen) atoms. The fourth-order valence-electron chi connectivity index (χ4n) is 4.21. The van der Waals surface area contributed by atoms with E-state index in [4.69, 9.17) is 5.14 Å². The Bertz CT molecular complexity index is 1040. The summed E-state index contributed by atoms with van der Waals surface area (Å²) in [5, 5.41) is 5.08.